The van der Waals surface area contributed by atoms with Crippen molar-refractivity contribution in [3.05, 3.63) is 93.9 Å². The molecule has 48 heavy (non-hydrogen) atoms. The fraction of sp³-hybridized carbons (Fsp3) is 0.314. The van der Waals surface area contributed by atoms with Crippen molar-refractivity contribution in [1.82, 2.24) is 20.2 Å². The highest BCUT2D eigenvalue weighted by atomic mass is 35.5. The lowest BCUT2D eigenvalue weighted by Crippen LogP contribution is -2.50. The Balaban J connectivity index is 1.42. The van der Waals surface area contributed by atoms with Crippen LogP contribution in [0.15, 0.2) is 60.8 Å². The Labute approximate surface area is 284 Å². The van der Waals surface area contributed by atoms with E-state index in [0.29, 0.717) is 41.8 Å². The number of amides is 2. The van der Waals surface area contributed by atoms with Gasteiger partial charge in [0.2, 0.25) is 11.8 Å². The van der Waals surface area contributed by atoms with Crippen molar-refractivity contribution in [3.63, 3.8) is 0 Å². The molecule has 3 N–H and O–H groups in total. The summed E-state index contributed by atoms with van der Waals surface area (Å²) in [7, 11) is 3.61. The van der Waals surface area contributed by atoms with E-state index in [0.717, 1.165) is 30.8 Å². The normalized spacial score (nSPS) is 14.8. The topological polar surface area (TPSA) is 121 Å². The molecular formula is C35H39ClFN7O4. The summed E-state index contributed by atoms with van der Waals surface area (Å²) in [6.45, 7) is 8.89. The van der Waals surface area contributed by atoms with Crippen molar-refractivity contribution in [3.8, 4) is 11.6 Å². The molecular weight excluding hydrogens is 637 g/mol. The Morgan fingerprint density at radius 3 is 2.52 bits per heavy atom. The second-order valence-corrected chi connectivity index (χ2v) is 12.1. The summed E-state index contributed by atoms with van der Waals surface area (Å²) in [5.41, 5.74) is 3.70. The van der Waals surface area contributed by atoms with Crippen LogP contribution in [0, 0.1) is 19.7 Å². The fourth-order valence-corrected chi connectivity index (χ4v) is 5.51. The third-order valence-corrected chi connectivity index (χ3v) is 8.51. The van der Waals surface area contributed by atoms with Crippen LogP contribution >= 0.6 is 11.6 Å². The van der Waals surface area contributed by atoms with Gasteiger partial charge in [-0.05, 0) is 75.3 Å². The van der Waals surface area contributed by atoms with E-state index in [1.165, 1.54) is 24.4 Å². The van der Waals surface area contributed by atoms with Gasteiger partial charge in [-0.2, -0.15) is 4.98 Å². The van der Waals surface area contributed by atoms with Crippen molar-refractivity contribution in [2.75, 3.05) is 62.5 Å². The van der Waals surface area contributed by atoms with Gasteiger partial charge in [0.25, 0.3) is 11.8 Å². The number of nitrogens with zero attached hydrogens (tertiary/aromatic N) is 4. The standard InChI is InChI=1S/C35H39ClFN7O4/c1-21-7-6-8-22(2)31(21)41-33(46)26-19-39-35(40-25-10-11-29(28(37)18-25)44-15-14-43(4)23(3)20-44)42-34(26)48-30-12-9-24(17-27(30)36)32(45)38-13-16-47-5/h6-12,17-19,23H,13-16,20H2,1-5H3,(H,38,45)(H,41,46)(H,39,40,42). The SMILES string of the molecule is COCCNC(=O)c1ccc(Oc2nc(Nc3ccc(N4CCN(C)C(C)C4)c(F)c3)ncc2C(=O)Nc2c(C)cccc2C)c(Cl)c1. The van der Waals surface area contributed by atoms with Gasteiger partial charge >= 0.3 is 0 Å². The summed E-state index contributed by atoms with van der Waals surface area (Å²) < 4.78 is 26.4. The third kappa shape index (κ3) is 8.19. The first-order chi connectivity index (χ1) is 23.0. The number of aryl methyl sites for hydroxylation is 2. The molecule has 11 nitrogen and oxygen atoms in total. The molecule has 4 aromatic rings. The number of likely N-dealkylation sites (N-methyl/N-ethyl adjacent to an activating group) is 1. The van der Waals surface area contributed by atoms with Crippen LogP contribution in [0.4, 0.5) is 27.4 Å². The highest BCUT2D eigenvalue weighted by Crippen LogP contribution is 2.33. The maximum atomic E-state index is 15.3. The minimum absolute atomic E-state index is 0.0337. The number of nitrogens with one attached hydrogen (secondary N) is 3. The van der Waals surface area contributed by atoms with E-state index < -0.39 is 5.91 Å². The van der Waals surface area contributed by atoms with Crippen LogP contribution in [0.25, 0.3) is 0 Å². The summed E-state index contributed by atoms with van der Waals surface area (Å²) in [5, 5.41) is 8.81. The zero-order valence-electron chi connectivity index (χ0n) is 27.6. The number of hydrogen-bond acceptors (Lipinski definition) is 9. The van der Waals surface area contributed by atoms with Crippen LogP contribution in [-0.4, -0.2) is 79.7 Å². The number of rotatable bonds is 11. The molecule has 0 bridgehead atoms. The summed E-state index contributed by atoms with van der Waals surface area (Å²) in [6.07, 6.45) is 1.33. The predicted octanol–water partition coefficient (Wildman–Crippen LogP) is 6.19. The van der Waals surface area contributed by atoms with Gasteiger partial charge in [-0.1, -0.05) is 29.8 Å². The van der Waals surface area contributed by atoms with Crippen LogP contribution < -0.4 is 25.6 Å². The lowest BCUT2D eigenvalue weighted by Gasteiger charge is -2.39. The summed E-state index contributed by atoms with van der Waals surface area (Å²) >= 11 is 6.53. The molecule has 0 radical (unpaired) electrons. The number of methoxy groups -OCH3 is 1. The summed E-state index contributed by atoms with van der Waals surface area (Å²) in [5.74, 6) is -1.08. The van der Waals surface area contributed by atoms with Gasteiger partial charge in [0.1, 0.15) is 17.1 Å². The highest BCUT2D eigenvalue weighted by molar-refractivity contribution is 6.32. The van der Waals surface area contributed by atoms with Gasteiger partial charge in [0.05, 0.1) is 17.3 Å². The minimum Gasteiger partial charge on any atom is -0.436 e. The van der Waals surface area contributed by atoms with Crippen molar-refractivity contribution in [1.29, 1.82) is 0 Å². The van der Waals surface area contributed by atoms with E-state index in [-0.39, 0.29) is 39.9 Å². The molecule has 1 saturated heterocycles. The van der Waals surface area contributed by atoms with E-state index in [9.17, 15) is 9.59 Å². The van der Waals surface area contributed by atoms with E-state index in [2.05, 4.69) is 44.8 Å². The van der Waals surface area contributed by atoms with Gasteiger partial charge in [-0.3, -0.25) is 9.59 Å². The number of anilines is 4. The largest absolute Gasteiger partial charge is 0.436 e. The predicted molar refractivity (Wildman–Crippen MR) is 186 cm³/mol. The van der Waals surface area contributed by atoms with Crippen molar-refractivity contribution < 1.29 is 23.5 Å². The first-order valence-corrected chi connectivity index (χ1v) is 15.9. The summed E-state index contributed by atoms with van der Waals surface area (Å²) in [6, 6.07) is 15.4. The molecule has 1 fully saturated rings. The molecule has 13 heteroatoms. The molecule has 1 aliphatic rings. The molecule has 1 aromatic heterocycles. The van der Waals surface area contributed by atoms with Gasteiger partial charge in [-0.25, -0.2) is 9.37 Å². The smallest absolute Gasteiger partial charge is 0.262 e. The maximum Gasteiger partial charge on any atom is 0.262 e. The maximum absolute atomic E-state index is 15.3. The Morgan fingerprint density at radius 2 is 1.83 bits per heavy atom. The Kier molecular flexibility index (Phi) is 11.1. The average molecular weight is 676 g/mol. The van der Waals surface area contributed by atoms with Gasteiger partial charge in [0.15, 0.2) is 0 Å². The fourth-order valence-electron chi connectivity index (χ4n) is 5.29. The number of aromatic nitrogens is 2. The van der Waals surface area contributed by atoms with E-state index in [1.807, 2.05) is 36.9 Å². The first kappa shape index (κ1) is 34.6. The Bertz CT molecular complexity index is 1790. The van der Waals surface area contributed by atoms with E-state index in [1.54, 1.807) is 25.3 Å². The third-order valence-electron chi connectivity index (χ3n) is 8.21. The van der Waals surface area contributed by atoms with Crippen molar-refractivity contribution >= 4 is 46.4 Å². The number of piperazine rings is 1. The molecule has 2 amide bonds. The molecule has 0 spiro atoms. The minimum atomic E-state index is -0.504. The molecule has 1 aliphatic heterocycles. The number of ether oxygens (including phenoxy) is 2. The lowest BCUT2D eigenvalue weighted by molar-refractivity contribution is 0.0936. The van der Waals surface area contributed by atoms with Crippen LogP contribution in [0.3, 0.4) is 0 Å². The van der Waals surface area contributed by atoms with Gasteiger partial charge < -0.3 is 35.2 Å². The number of hydrogen-bond donors (Lipinski definition) is 3. The van der Waals surface area contributed by atoms with Crippen molar-refractivity contribution in [2.24, 2.45) is 0 Å². The quantitative estimate of drug-likeness (QED) is 0.160. The average Bonchev–Trinajstić information content (AvgIpc) is 3.05. The first-order valence-electron chi connectivity index (χ1n) is 15.5. The lowest BCUT2D eigenvalue weighted by atomic mass is 10.1. The van der Waals surface area contributed by atoms with Crippen LogP contribution in [0.1, 0.15) is 38.8 Å². The van der Waals surface area contributed by atoms with Crippen LogP contribution in [0.2, 0.25) is 5.02 Å². The van der Waals surface area contributed by atoms with Gasteiger partial charge in [-0.15, -0.1) is 0 Å². The second kappa shape index (κ2) is 15.4. The van der Waals surface area contributed by atoms with Crippen LogP contribution in [0.5, 0.6) is 11.6 Å². The zero-order chi connectivity index (χ0) is 34.4. The zero-order valence-corrected chi connectivity index (χ0v) is 28.3. The van der Waals surface area contributed by atoms with E-state index in [4.69, 9.17) is 21.1 Å². The highest BCUT2D eigenvalue weighted by Gasteiger charge is 2.24. The molecule has 5 rings (SSSR count). The second-order valence-electron chi connectivity index (χ2n) is 11.7. The van der Waals surface area contributed by atoms with E-state index >= 15 is 4.39 Å². The van der Waals surface area contributed by atoms with Gasteiger partial charge in [0, 0.05) is 62.5 Å². The summed E-state index contributed by atoms with van der Waals surface area (Å²) in [4.78, 5) is 39.2. The number of benzene rings is 3. The monoisotopic (exact) mass is 675 g/mol. The number of carbonyl (C=O) groups is 2. The molecule has 1 atom stereocenters. The van der Waals surface area contributed by atoms with Crippen LogP contribution in [-0.2, 0) is 4.74 Å². The number of carbonyl (C=O) groups excluding carboxylic acids is 2. The number of halogens is 2. The Hall–Kier alpha value is -4.78. The Morgan fingerprint density at radius 1 is 1.06 bits per heavy atom. The molecule has 3 aromatic carbocycles. The molecule has 2 heterocycles. The molecule has 0 saturated carbocycles. The molecule has 252 valence electrons. The molecule has 0 aliphatic carbocycles. The molecule has 1 unspecified atom stereocenters. The number of para-hydroxylation sites is 1. The van der Waals surface area contributed by atoms with Crippen molar-refractivity contribution in [2.45, 2.75) is 26.8 Å².